The van der Waals surface area contributed by atoms with E-state index < -0.39 is 129 Å². The summed E-state index contributed by atoms with van der Waals surface area (Å²) < 4.78 is 182. The number of halogens is 17. The number of hydrogen-bond acceptors (Lipinski definition) is 26. The van der Waals surface area contributed by atoms with Crippen LogP contribution in [0.1, 0.15) is 41.7 Å². The van der Waals surface area contributed by atoms with Gasteiger partial charge in [0.2, 0.25) is 23.6 Å². The third kappa shape index (κ3) is 25.8. The number of methoxy groups -OCH3 is 1. The Hall–Kier alpha value is -14.0. The number of carbonyl (C=O) groups excluding carboxylic acids is 7. The number of nitrogens with one attached hydrogen (secondary N) is 8. The van der Waals surface area contributed by atoms with Crippen molar-refractivity contribution in [3.8, 4) is 45.6 Å². The monoisotopic (exact) mass is 2010 g/mol. The molecular weight excluding hydrogens is 1920 g/mol. The molecule has 7 amide bonds. The van der Waals surface area contributed by atoms with Crippen molar-refractivity contribution in [3.05, 3.63) is 155 Å². The average molecular weight is 2020 g/mol. The zero-order valence-electron chi connectivity index (χ0n) is 71.9. The van der Waals surface area contributed by atoms with E-state index in [1.165, 1.54) is 86.0 Å². The van der Waals surface area contributed by atoms with E-state index >= 15 is 0 Å². The molecule has 0 unspecified atom stereocenters. The first kappa shape index (κ1) is 100. The summed E-state index contributed by atoms with van der Waals surface area (Å²) in [5.74, 6) is -2.41. The molecule has 12 aromatic heterocycles. The Morgan fingerprint density at radius 1 is 0.445 bits per heavy atom. The standard InChI is InChI=1S/C22H23ClF3N7O3.C22H21ClF3N7O3.C20H19ClF3N7O3.C19H17ClF4N6O.6H2/c1-12(2)36-21(35)32-5-6-33(16(10-32)20(34)30-11-22(24,25)26)17-3-4-27-19(31-17)15-9-29-18-14(15)7-13(23)8-28-18;1-2-7-36-21(35)32-5-6-33(16(11-32)20(34)30-12-22(24,25)26)17-3-4-27-19(31-17)15-10-29-18-14(15)8-13(23)9-28-18;1-34-19(33)30-4-5-31(14(9-30)18(32)28-10-20(22,23)24)15-2-3-25-17(29-15)13-8-27-16-12(13)6-11(21)7-26-16;20-10-5-11-12(7-26-15(11)25-6-10)16-27-8-13(21)17(29-16)30-4-2-1-3-14(30)18(31)28-9-19(22,23)24;;;;;;/h3-4,7-9,12,16H,5-6,10-11H2,1-2H3,(H,28,29)(H,30,34);2-4,8-10,16H,1,5-7,11-12H2,(H,28,29)(H,30,34);2-3,6-8,14H,4-5,9-10H2,1H3,(H,26,27)(H,28,32);5-8,14H,1-4,9H2,(H,25,26)(H,28,31);6*1H/t2*16-;2*14-;;;;;;/m0000....../s1. The number of anilines is 4. The van der Waals surface area contributed by atoms with Crippen molar-refractivity contribution in [3.63, 3.8) is 0 Å². The first-order valence-electron chi connectivity index (χ1n) is 41.4. The number of fused-ring (bicyclic) bond motifs is 4. The summed E-state index contributed by atoms with van der Waals surface area (Å²) >= 11 is 24.2. The molecule has 4 aliphatic heterocycles. The molecule has 8 N–H and O–H groups in total. The Kier molecular flexibility index (Phi) is 31.8. The van der Waals surface area contributed by atoms with Gasteiger partial charge >= 0.3 is 43.0 Å². The van der Waals surface area contributed by atoms with Gasteiger partial charge in [0.15, 0.2) is 34.9 Å². The van der Waals surface area contributed by atoms with Crippen LogP contribution in [0.15, 0.2) is 129 Å². The van der Waals surface area contributed by atoms with E-state index in [1.807, 2.05) is 21.3 Å². The molecule has 4 saturated heterocycles. The number of piperidine rings is 1. The normalized spacial score (nSPS) is 16.6. The van der Waals surface area contributed by atoms with Gasteiger partial charge in [-0.25, -0.2) is 78.6 Å². The van der Waals surface area contributed by atoms with Gasteiger partial charge in [0.05, 0.1) is 59.1 Å². The fourth-order valence-corrected chi connectivity index (χ4v) is 15.5. The predicted octanol–water partition coefficient (Wildman–Crippen LogP) is 14.5. The van der Waals surface area contributed by atoms with Gasteiger partial charge in [-0.1, -0.05) is 59.1 Å². The number of amides is 7. The lowest BCUT2D eigenvalue weighted by Crippen LogP contribution is -2.61. The van der Waals surface area contributed by atoms with Crippen LogP contribution in [0.3, 0.4) is 0 Å². The fourth-order valence-electron chi connectivity index (χ4n) is 14.9. The molecule has 4 aliphatic rings. The maximum absolute atomic E-state index is 14.7. The molecule has 0 saturated carbocycles. The Morgan fingerprint density at radius 3 is 1.10 bits per heavy atom. The Labute approximate surface area is 795 Å². The van der Waals surface area contributed by atoms with Crippen LogP contribution in [0, 0.1) is 5.82 Å². The number of pyridine rings is 4. The van der Waals surface area contributed by atoms with Crippen LogP contribution >= 0.6 is 46.4 Å². The summed E-state index contributed by atoms with van der Waals surface area (Å²) in [5, 5.41) is 11.9. The van der Waals surface area contributed by atoms with Gasteiger partial charge < -0.3 is 89.7 Å². The van der Waals surface area contributed by atoms with Crippen LogP contribution in [0.5, 0.6) is 0 Å². The summed E-state index contributed by atoms with van der Waals surface area (Å²) in [6, 6.07) is 7.03. The summed E-state index contributed by atoms with van der Waals surface area (Å²) in [7, 11) is 1.19. The van der Waals surface area contributed by atoms with Crippen LogP contribution in [0.2, 0.25) is 20.1 Å². The Balaban J connectivity index is 0.000000256. The zero-order chi connectivity index (χ0) is 98.5. The largest absolute Gasteiger partial charge is 0.453 e. The maximum atomic E-state index is 14.7. The molecule has 137 heavy (non-hydrogen) atoms. The number of piperazine rings is 3. The van der Waals surface area contributed by atoms with E-state index in [-0.39, 0.29) is 98.7 Å². The average Bonchev–Trinajstić information content (AvgIpc) is 1.75. The molecule has 738 valence electrons. The molecule has 0 spiro atoms. The number of alkyl halides is 12. The van der Waals surface area contributed by atoms with E-state index in [0.29, 0.717) is 134 Å². The number of rotatable bonds is 19. The number of aromatic amines is 4. The summed E-state index contributed by atoms with van der Waals surface area (Å²) in [6.45, 7) is 1.47. The molecule has 0 radical (unpaired) electrons. The van der Waals surface area contributed by atoms with Gasteiger partial charge in [0, 0.05) is 166 Å². The zero-order valence-corrected chi connectivity index (χ0v) is 74.9. The lowest BCUT2D eigenvalue weighted by molar-refractivity contribution is -0.139. The first-order chi connectivity index (χ1) is 65.1. The smallest absolute Gasteiger partial charge is 0.410 e. The molecule has 54 heteroatoms. The van der Waals surface area contributed by atoms with E-state index in [4.69, 9.17) is 60.6 Å². The third-order valence-corrected chi connectivity index (χ3v) is 21.9. The first-order valence-corrected chi connectivity index (χ1v) is 42.9. The molecule has 4 fully saturated rings. The number of H-pyrrole nitrogens is 4. The number of ether oxygens (including phenoxy) is 3. The van der Waals surface area contributed by atoms with Crippen LogP contribution in [0.4, 0.5) is 94.7 Å². The molecule has 0 bridgehead atoms. The van der Waals surface area contributed by atoms with E-state index in [2.05, 4.69) is 86.3 Å². The van der Waals surface area contributed by atoms with E-state index in [1.54, 1.807) is 86.0 Å². The van der Waals surface area contributed by atoms with Crippen molar-refractivity contribution >= 4 is 156 Å². The lowest BCUT2D eigenvalue weighted by Gasteiger charge is -2.40. The van der Waals surface area contributed by atoms with Crippen molar-refractivity contribution in [1.29, 1.82) is 0 Å². The minimum Gasteiger partial charge on any atom is -0.453 e. The van der Waals surface area contributed by atoms with Gasteiger partial charge in [0.1, 0.15) is 97.0 Å². The second-order valence-corrected chi connectivity index (χ2v) is 32.6. The Morgan fingerprint density at radius 2 is 0.774 bits per heavy atom. The molecule has 4 atom stereocenters. The molecule has 12 aromatic rings. The second-order valence-electron chi connectivity index (χ2n) is 30.9. The summed E-state index contributed by atoms with van der Waals surface area (Å²) in [4.78, 5) is 161. The van der Waals surface area contributed by atoms with Gasteiger partial charge in [-0.15, -0.1) is 0 Å². The van der Waals surface area contributed by atoms with Crippen LogP contribution < -0.4 is 40.9 Å². The van der Waals surface area contributed by atoms with Crippen molar-refractivity contribution in [2.45, 2.75) is 88.1 Å². The van der Waals surface area contributed by atoms with Gasteiger partial charge in [-0.2, -0.15) is 52.7 Å². The highest BCUT2D eigenvalue weighted by atomic mass is 35.5. The maximum Gasteiger partial charge on any atom is 0.410 e. The summed E-state index contributed by atoms with van der Waals surface area (Å²) in [5.41, 5.74) is 4.61. The minimum atomic E-state index is -4.59. The highest BCUT2D eigenvalue weighted by Gasteiger charge is 2.43. The molecular formula is C83H92Cl4F13N27O10. The van der Waals surface area contributed by atoms with Crippen LogP contribution in [0.25, 0.3) is 89.7 Å². The number of hydrogen-bond donors (Lipinski definition) is 8. The molecule has 16 rings (SSSR count). The highest BCUT2D eigenvalue weighted by molar-refractivity contribution is 6.32. The molecule has 0 aliphatic carbocycles. The fraction of sp³-hybridized carbons (Fsp3) is 0.361. The topological polar surface area (TPSA) is 436 Å². The molecule has 16 heterocycles. The van der Waals surface area contributed by atoms with Gasteiger partial charge in [-0.05, 0) is 75.6 Å². The highest BCUT2D eigenvalue weighted by Crippen LogP contribution is 2.37. The van der Waals surface area contributed by atoms with E-state index in [9.17, 15) is 90.6 Å². The third-order valence-electron chi connectivity index (χ3n) is 21.1. The van der Waals surface area contributed by atoms with Crippen molar-refractivity contribution in [2.24, 2.45) is 0 Å². The van der Waals surface area contributed by atoms with Crippen molar-refractivity contribution in [1.82, 2.24) is 116 Å². The van der Waals surface area contributed by atoms with Gasteiger partial charge in [-0.3, -0.25) is 19.2 Å². The number of aromatic nitrogens is 16. The number of carbonyl (C=O) groups is 7. The molecule has 0 aromatic carbocycles. The predicted molar refractivity (Wildman–Crippen MR) is 486 cm³/mol. The van der Waals surface area contributed by atoms with Crippen LogP contribution in [-0.4, -0.2) is 297 Å². The SMILES string of the molecule is C=CCOC(=O)N1CCN(c2ccnc(-c3c[nH]c4ncc(Cl)cc34)n2)[C@H](C(=O)NCC(F)(F)F)C1.CC(C)OC(=O)N1CCN(c2ccnc(-c3c[nH]c4ncc(Cl)cc34)n2)[C@H](C(=O)NCC(F)(F)F)C1.COC(=O)N1CCN(c2ccnc(-c3c[nH]c4ncc(Cl)cc34)n2)[C@H](C(=O)NCC(F)(F)F)C1.O=C(NCC(F)(F)F)[C@@H]1CCCCN1c1nc(-c2c[nH]c3ncc(Cl)cc23)ncc1F.[HH].[HH].[HH].[HH].[HH].[HH]. The van der Waals surface area contributed by atoms with Crippen molar-refractivity contribution in [2.75, 3.05) is 125 Å². The summed E-state index contributed by atoms with van der Waals surface area (Å²) in [6.07, 6.45) is 0.205. The van der Waals surface area contributed by atoms with E-state index in [0.717, 1.165) is 6.20 Å². The molecule has 37 nitrogen and oxygen atoms in total. The Bertz CT molecular complexity index is 6430. The van der Waals surface area contributed by atoms with Crippen LogP contribution in [-0.2, 0) is 33.4 Å². The second kappa shape index (κ2) is 43.3. The van der Waals surface area contributed by atoms with Gasteiger partial charge in [0.25, 0.3) is 0 Å². The quantitative estimate of drug-likeness (QED) is 0.0212. The number of nitrogens with zero attached hydrogens (tertiary/aromatic N) is 19. The lowest BCUT2D eigenvalue weighted by atomic mass is 10.0. The van der Waals surface area contributed by atoms with Crippen molar-refractivity contribution < 1.29 is 113 Å². The minimum absolute atomic E-state index is 0.